The number of rotatable bonds is 9. The van der Waals surface area contributed by atoms with E-state index in [4.69, 9.17) is 0 Å². The molecule has 0 radical (unpaired) electrons. The van der Waals surface area contributed by atoms with Gasteiger partial charge in [0.05, 0.1) is 15.1 Å². The zero-order valence-electron chi connectivity index (χ0n) is 15.7. The molecular formula is C19H27N3O3S2. The molecule has 2 aromatic rings. The molecule has 0 unspecified atom stereocenters. The van der Waals surface area contributed by atoms with Gasteiger partial charge in [0.2, 0.25) is 15.9 Å². The van der Waals surface area contributed by atoms with Crippen molar-refractivity contribution in [3.05, 3.63) is 18.2 Å². The monoisotopic (exact) mass is 409 g/mol. The van der Waals surface area contributed by atoms with Gasteiger partial charge < -0.3 is 5.32 Å². The number of fused-ring (bicyclic) bond motifs is 1. The first-order valence-corrected chi connectivity index (χ1v) is 12.0. The van der Waals surface area contributed by atoms with Gasteiger partial charge in [-0.25, -0.2) is 13.4 Å². The van der Waals surface area contributed by atoms with Crippen molar-refractivity contribution in [3.63, 3.8) is 0 Å². The van der Waals surface area contributed by atoms with Gasteiger partial charge in [0.25, 0.3) is 0 Å². The average molecular weight is 410 g/mol. The zero-order chi connectivity index (χ0) is 19.3. The van der Waals surface area contributed by atoms with Gasteiger partial charge in [-0.2, -0.15) is 4.31 Å². The van der Waals surface area contributed by atoms with E-state index in [-0.39, 0.29) is 5.91 Å². The van der Waals surface area contributed by atoms with Gasteiger partial charge in [0, 0.05) is 19.5 Å². The highest BCUT2D eigenvalue weighted by Gasteiger charge is 2.27. The van der Waals surface area contributed by atoms with Crippen LogP contribution in [0.4, 0.5) is 5.13 Å². The van der Waals surface area contributed by atoms with Crippen LogP contribution in [-0.4, -0.2) is 36.7 Å². The number of thiazole rings is 1. The number of hydrogen-bond acceptors (Lipinski definition) is 5. The van der Waals surface area contributed by atoms with E-state index < -0.39 is 10.0 Å². The zero-order valence-corrected chi connectivity index (χ0v) is 17.4. The highest BCUT2D eigenvalue weighted by Crippen LogP contribution is 2.30. The lowest BCUT2D eigenvalue weighted by Gasteiger charge is -2.15. The van der Waals surface area contributed by atoms with Gasteiger partial charge in [-0.1, -0.05) is 43.9 Å². The Morgan fingerprint density at radius 1 is 1.19 bits per heavy atom. The molecule has 1 fully saturated rings. The predicted octanol–water partition coefficient (Wildman–Crippen LogP) is 4.38. The molecule has 1 aliphatic rings. The number of carbonyl (C=O) groups excluding carboxylic acids is 1. The van der Waals surface area contributed by atoms with Crippen LogP contribution in [0.15, 0.2) is 23.1 Å². The minimum Gasteiger partial charge on any atom is -0.302 e. The number of benzene rings is 1. The maximum Gasteiger partial charge on any atom is 0.243 e. The normalized spacial score (nSPS) is 15.4. The molecule has 1 aromatic heterocycles. The molecule has 6 nitrogen and oxygen atoms in total. The highest BCUT2D eigenvalue weighted by molar-refractivity contribution is 7.89. The molecule has 0 bridgehead atoms. The second-order valence-electron chi connectivity index (χ2n) is 6.97. The van der Waals surface area contributed by atoms with Gasteiger partial charge in [0.1, 0.15) is 0 Å². The molecule has 27 heavy (non-hydrogen) atoms. The van der Waals surface area contributed by atoms with Crippen LogP contribution in [-0.2, 0) is 14.8 Å². The molecule has 8 heteroatoms. The van der Waals surface area contributed by atoms with E-state index >= 15 is 0 Å². The molecule has 3 rings (SSSR count). The Labute approximate surface area is 165 Å². The smallest absolute Gasteiger partial charge is 0.243 e. The Hall–Kier alpha value is -1.51. The topological polar surface area (TPSA) is 79.4 Å². The summed E-state index contributed by atoms with van der Waals surface area (Å²) in [4.78, 5) is 16.8. The first-order valence-electron chi connectivity index (χ1n) is 9.71. The van der Waals surface area contributed by atoms with Crippen LogP contribution in [0, 0.1) is 0 Å². The molecule has 2 heterocycles. The fraction of sp³-hybridized carbons (Fsp3) is 0.579. The maximum atomic E-state index is 12.7. The number of nitrogens with zero attached hydrogens (tertiary/aromatic N) is 2. The van der Waals surface area contributed by atoms with E-state index in [0.717, 1.165) is 30.4 Å². The van der Waals surface area contributed by atoms with E-state index in [1.807, 2.05) is 0 Å². The number of carbonyl (C=O) groups is 1. The van der Waals surface area contributed by atoms with Crippen LogP contribution in [0.2, 0.25) is 0 Å². The molecule has 0 atom stereocenters. The van der Waals surface area contributed by atoms with Crippen LogP contribution in [0.5, 0.6) is 0 Å². The van der Waals surface area contributed by atoms with Gasteiger partial charge >= 0.3 is 0 Å². The molecule has 1 aliphatic heterocycles. The maximum absolute atomic E-state index is 12.7. The average Bonchev–Trinajstić information content (AvgIpc) is 3.30. The third kappa shape index (κ3) is 5.06. The van der Waals surface area contributed by atoms with E-state index in [2.05, 4.69) is 17.2 Å². The van der Waals surface area contributed by atoms with Crippen molar-refractivity contribution < 1.29 is 13.2 Å². The number of sulfonamides is 1. The summed E-state index contributed by atoms with van der Waals surface area (Å²) in [7, 11) is -3.44. The summed E-state index contributed by atoms with van der Waals surface area (Å²) >= 11 is 1.32. The summed E-state index contributed by atoms with van der Waals surface area (Å²) in [6.07, 6.45) is 7.84. The number of aromatic nitrogens is 1. The third-order valence-corrected chi connectivity index (χ3v) is 7.64. The summed E-state index contributed by atoms with van der Waals surface area (Å²) in [6, 6.07) is 4.99. The number of nitrogens with one attached hydrogen (secondary N) is 1. The summed E-state index contributed by atoms with van der Waals surface area (Å²) in [6.45, 7) is 3.34. The van der Waals surface area contributed by atoms with Crippen molar-refractivity contribution >= 4 is 42.6 Å². The SMILES string of the molecule is CCCCCCCC(=O)Nc1nc2ccc(S(=O)(=O)N3CCCC3)cc2s1. The molecule has 1 saturated heterocycles. The van der Waals surface area contributed by atoms with Crippen LogP contribution in [0.3, 0.4) is 0 Å². The second kappa shape index (κ2) is 9.12. The van der Waals surface area contributed by atoms with E-state index in [0.29, 0.717) is 35.1 Å². The summed E-state index contributed by atoms with van der Waals surface area (Å²) in [5.74, 6) is -0.0320. The van der Waals surface area contributed by atoms with Gasteiger partial charge in [0.15, 0.2) is 5.13 Å². The molecule has 0 saturated carbocycles. The molecule has 1 aromatic carbocycles. The lowest BCUT2D eigenvalue weighted by Crippen LogP contribution is -2.27. The minimum absolute atomic E-state index is 0.0320. The summed E-state index contributed by atoms with van der Waals surface area (Å²) in [5.41, 5.74) is 0.707. The fourth-order valence-corrected chi connectivity index (χ4v) is 5.81. The molecular weight excluding hydrogens is 382 g/mol. The summed E-state index contributed by atoms with van der Waals surface area (Å²) < 4.78 is 27.7. The van der Waals surface area contributed by atoms with Crippen molar-refractivity contribution in [2.75, 3.05) is 18.4 Å². The van der Waals surface area contributed by atoms with Crippen molar-refractivity contribution in [2.24, 2.45) is 0 Å². The second-order valence-corrected chi connectivity index (χ2v) is 9.94. The van der Waals surface area contributed by atoms with Crippen molar-refractivity contribution in [3.8, 4) is 0 Å². The first-order chi connectivity index (χ1) is 13.0. The molecule has 0 spiro atoms. The highest BCUT2D eigenvalue weighted by atomic mass is 32.2. The quantitative estimate of drug-likeness (QED) is 0.623. The van der Waals surface area contributed by atoms with Crippen LogP contribution < -0.4 is 5.32 Å². The van der Waals surface area contributed by atoms with Crippen LogP contribution in [0.25, 0.3) is 10.2 Å². The van der Waals surface area contributed by atoms with Crippen molar-refractivity contribution in [1.29, 1.82) is 0 Å². The standard InChI is InChI=1S/C19H27N3O3S2/c1-2-3-4-5-6-9-18(23)21-19-20-16-11-10-15(14-17(16)26-19)27(24,25)22-12-7-8-13-22/h10-11,14H,2-9,12-13H2,1H3,(H,20,21,23). The van der Waals surface area contributed by atoms with E-state index in [9.17, 15) is 13.2 Å². The lowest BCUT2D eigenvalue weighted by atomic mass is 10.1. The molecule has 1 N–H and O–H groups in total. The Kier molecular flexibility index (Phi) is 6.83. The van der Waals surface area contributed by atoms with Crippen molar-refractivity contribution in [1.82, 2.24) is 9.29 Å². The van der Waals surface area contributed by atoms with Crippen molar-refractivity contribution in [2.45, 2.75) is 63.2 Å². The van der Waals surface area contributed by atoms with Crippen LogP contribution in [0.1, 0.15) is 58.3 Å². The number of hydrogen-bond donors (Lipinski definition) is 1. The van der Waals surface area contributed by atoms with Gasteiger partial charge in [-0.3, -0.25) is 4.79 Å². The largest absolute Gasteiger partial charge is 0.302 e. The Morgan fingerprint density at radius 2 is 1.93 bits per heavy atom. The third-order valence-electron chi connectivity index (χ3n) is 4.82. The Morgan fingerprint density at radius 3 is 2.67 bits per heavy atom. The first kappa shape index (κ1) is 20.2. The minimum atomic E-state index is -3.44. The number of anilines is 1. The number of amides is 1. The molecule has 1 amide bonds. The Bertz CT molecular complexity index is 887. The lowest BCUT2D eigenvalue weighted by molar-refractivity contribution is -0.116. The van der Waals surface area contributed by atoms with Gasteiger partial charge in [-0.15, -0.1) is 0 Å². The van der Waals surface area contributed by atoms with Gasteiger partial charge in [-0.05, 0) is 37.5 Å². The predicted molar refractivity (Wildman–Crippen MR) is 110 cm³/mol. The molecule has 0 aliphatic carbocycles. The van der Waals surface area contributed by atoms with E-state index in [1.165, 1.54) is 34.9 Å². The van der Waals surface area contributed by atoms with Crippen LogP contribution >= 0.6 is 11.3 Å². The molecule has 148 valence electrons. The van der Waals surface area contributed by atoms with E-state index in [1.54, 1.807) is 18.2 Å². The number of unbranched alkanes of at least 4 members (excludes halogenated alkanes) is 4. The summed E-state index contributed by atoms with van der Waals surface area (Å²) in [5, 5.41) is 3.37. The Balaban J connectivity index is 1.64. The fourth-order valence-electron chi connectivity index (χ4n) is 3.27.